The van der Waals surface area contributed by atoms with Crippen molar-refractivity contribution < 1.29 is 19.1 Å². The third kappa shape index (κ3) is 3.82. The molecule has 3 fully saturated rings. The number of alkyl halides is 1. The predicted molar refractivity (Wildman–Crippen MR) is 121 cm³/mol. The Morgan fingerprint density at radius 1 is 1.22 bits per heavy atom. The lowest BCUT2D eigenvalue weighted by atomic mass is 9.78. The van der Waals surface area contributed by atoms with Crippen LogP contribution in [0.15, 0.2) is 30.5 Å². The minimum Gasteiger partial charge on any atom is -0.366 e. The van der Waals surface area contributed by atoms with Gasteiger partial charge in [0.1, 0.15) is 24.8 Å². The molecule has 2 saturated heterocycles. The van der Waals surface area contributed by atoms with E-state index in [4.69, 9.17) is 16.3 Å². The van der Waals surface area contributed by atoms with Gasteiger partial charge >= 0.3 is 0 Å². The summed E-state index contributed by atoms with van der Waals surface area (Å²) in [5, 5.41) is 3.54. The first-order valence-electron chi connectivity index (χ1n) is 11.4. The van der Waals surface area contributed by atoms with E-state index in [1.54, 1.807) is 11.0 Å². The number of halogens is 1. The number of Topliss-reactive ketones (excluding diaryl/α,β-unsaturated/α-hetero) is 1. The van der Waals surface area contributed by atoms with Crippen LogP contribution in [0.2, 0.25) is 0 Å². The largest absolute Gasteiger partial charge is 0.366 e. The molecule has 170 valence electrons. The molecule has 0 spiro atoms. The number of rotatable bonds is 4. The first-order chi connectivity index (χ1) is 15.4. The number of aromatic nitrogens is 1. The normalized spacial score (nSPS) is 31.0. The molecule has 0 bridgehead atoms. The van der Waals surface area contributed by atoms with E-state index in [9.17, 15) is 14.4 Å². The molecule has 2 N–H and O–H groups in total. The molecule has 8 heteroatoms. The van der Waals surface area contributed by atoms with Crippen molar-refractivity contribution in [1.82, 2.24) is 15.2 Å². The van der Waals surface area contributed by atoms with E-state index in [1.165, 1.54) is 0 Å². The van der Waals surface area contributed by atoms with Crippen molar-refractivity contribution in [3.8, 4) is 0 Å². The molecule has 32 heavy (non-hydrogen) atoms. The number of amides is 2. The maximum atomic E-state index is 13.7. The van der Waals surface area contributed by atoms with Gasteiger partial charge in [-0.1, -0.05) is 19.8 Å². The fourth-order valence-electron chi connectivity index (χ4n) is 5.42. The van der Waals surface area contributed by atoms with Crippen LogP contribution in [0.4, 0.5) is 0 Å². The quantitative estimate of drug-likeness (QED) is 0.690. The molecule has 4 atom stereocenters. The summed E-state index contributed by atoms with van der Waals surface area (Å²) < 4.78 is 5.54. The molecule has 1 aromatic carbocycles. The van der Waals surface area contributed by atoms with Gasteiger partial charge in [-0.2, -0.15) is 0 Å². The van der Waals surface area contributed by atoms with Gasteiger partial charge in [-0.25, -0.2) is 0 Å². The number of nitrogens with one attached hydrogen (secondary N) is 2. The highest BCUT2D eigenvalue weighted by Gasteiger charge is 2.53. The van der Waals surface area contributed by atoms with E-state index in [-0.39, 0.29) is 36.7 Å². The molecule has 7 nitrogen and oxygen atoms in total. The summed E-state index contributed by atoms with van der Waals surface area (Å²) in [6.07, 6.45) is 5.13. The smallest absolute Gasteiger partial charge is 0.251 e. The Balaban J connectivity index is 1.40. The first kappa shape index (κ1) is 21.5. The van der Waals surface area contributed by atoms with Crippen molar-refractivity contribution in [3.63, 3.8) is 0 Å². The number of carbonyl (C=O) groups excluding carboxylic acids is 3. The van der Waals surface area contributed by atoms with Crippen LogP contribution in [-0.4, -0.2) is 64.2 Å². The first-order valence-corrected chi connectivity index (χ1v) is 11.8. The number of hydrogen-bond acceptors (Lipinski definition) is 4. The van der Waals surface area contributed by atoms with Gasteiger partial charge in [0.15, 0.2) is 5.78 Å². The van der Waals surface area contributed by atoms with Crippen LogP contribution in [0.1, 0.15) is 43.0 Å². The maximum absolute atomic E-state index is 13.7. The van der Waals surface area contributed by atoms with Gasteiger partial charge in [-0.05, 0) is 48.9 Å². The van der Waals surface area contributed by atoms with Gasteiger partial charge in [-0.3, -0.25) is 14.4 Å². The van der Waals surface area contributed by atoms with Crippen molar-refractivity contribution in [2.75, 3.05) is 13.2 Å². The van der Waals surface area contributed by atoms with Gasteiger partial charge in [0.25, 0.3) is 5.91 Å². The third-order valence-electron chi connectivity index (χ3n) is 7.31. The summed E-state index contributed by atoms with van der Waals surface area (Å²) in [5.41, 5.74) is 1.46. The number of aromatic amines is 1. The third-order valence-corrected chi connectivity index (χ3v) is 7.69. The second-order valence-electron chi connectivity index (χ2n) is 9.44. The highest BCUT2D eigenvalue weighted by molar-refractivity contribution is 6.22. The molecule has 1 aliphatic carbocycles. The van der Waals surface area contributed by atoms with E-state index < -0.39 is 23.6 Å². The number of H-pyrrole nitrogens is 1. The van der Waals surface area contributed by atoms with E-state index in [0.29, 0.717) is 11.5 Å². The molecule has 0 radical (unpaired) electrons. The van der Waals surface area contributed by atoms with Gasteiger partial charge in [0.2, 0.25) is 5.91 Å². The van der Waals surface area contributed by atoms with Crippen LogP contribution < -0.4 is 5.32 Å². The summed E-state index contributed by atoms with van der Waals surface area (Å²) >= 11 is 6.41. The second kappa shape index (κ2) is 8.52. The van der Waals surface area contributed by atoms with Crippen molar-refractivity contribution in [2.24, 2.45) is 11.8 Å². The molecule has 2 aromatic rings. The number of fused-ring (bicyclic) bond motifs is 2. The van der Waals surface area contributed by atoms with E-state index in [0.717, 1.165) is 36.6 Å². The number of nitrogens with zero attached hydrogens (tertiary/aromatic N) is 1. The highest BCUT2D eigenvalue weighted by atomic mass is 35.5. The minimum atomic E-state index is -0.687. The summed E-state index contributed by atoms with van der Waals surface area (Å²) in [6, 6.07) is 6.01. The molecule has 2 aliphatic heterocycles. The lowest BCUT2D eigenvalue weighted by molar-refractivity contribution is -0.139. The fourth-order valence-corrected chi connectivity index (χ4v) is 5.78. The van der Waals surface area contributed by atoms with E-state index >= 15 is 0 Å². The summed E-state index contributed by atoms with van der Waals surface area (Å²) in [6.45, 7) is 2.46. The zero-order valence-electron chi connectivity index (χ0n) is 18.1. The fraction of sp³-hybridized carbons (Fsp3) is 0.542. The standard InChI is InChI=1S/C24H28ClN3O4/c1-13-2-4-14(5-3-13)20(24(31)28-11-17(25)22-21(28)19(29)12-32-22)27-23(30)16-6-7-18-15(10-16)8-9-26-18/h6-10,13-14,17,20-22,26H,2-5,11-12H2,1H3,(H,27,30)/t13-,14-,17-,20?,21+,22+/m0/s1. The molecular weight excluding hydrogens is 430 g/mol. The van der Waals surface area contributed by atoms with Gasteiger partial charge < -0.3 is 19.9 Å². The zero-order chi connectivity index (χ0) is 22.4. The SMILES string of the molecule is C[C@H]1CC[C@H](C(NC(=O)c2ccc3[nH]ccc3c2)C(=O)N2C[C@H](Cl)[C@H]3OCC(=O)[C@H]32)CC1. The average molecular weight is 458 g/mol. The summed E-state index contributed by atoms with van der Waals surface area (Å²) in [5.74, 6) is 0.0207. The van der Waals surface area contributed by atoms with Crippen molar-refractivity contribution in [1.29, 1.82) is 0 Å². The summed E-state index contributed by atoms with van der Waals surface area (Å²) in [4.78, 5) is 44.0. The van der Waals surface area contributed by atoms with Crippen LogP contribution in [-0.2, 0) is 14.3 Å². The van der Waals surface area contributed by atoms with Gasteiger partial charge in [-0.15, -0.1) is 11.6 Å². The topological polar surface area (TPSA) is 91.5 Å². The molecule has 3 aliphatic rings. The van der Waals surface area contributed by atoms with Crippen LogP contribution in [0.5, 0.6) is 0 Å². The number of ketones is 1. The van der Waals surface area contributed by atoms with Crippen molar-refractivity contribution >= 4 is 40.1 Å². The Morgan fingerprint density at radius 2 is 2.00 bits per heavy atom. The zero-order valence-corrected chi connectivity index (χ0v) is 18.8. The Kier molecular flexibility index (Phi) is 5.72. The molecule has 1 aromatic heterocycles. The van der Waals surface area contributed by atoms with Crippen LogP contribution in [0.25, 0.3) is 10.9 Å². The molecule has 5 rings (SSSR count). The Hall–Kier alpha value is -2.38. The maximum Gasteiger partial charge on any atom is 0.251 e. The van der Waals surface area contributed by atoms with Crippen LogP contribution >= 0.6 is 11.6 Å². The molecule has 3 heterocycles. The number of ether oxygens (including phenoxy) is 1. The Morgan fingerprint density at radius 3 is 2.78 bits per heavy atom. The summed E-state index contributed by atoms with van der Waals surface area (Å²) in [7, 11) is 0. The lowest BCUT2D eigenvalue weighted by Gasteiger charge is -2.35. The minimum absolute atomic E-state index is 0.0169. The molecule has 1 unspecified atom stereocenters. The van der Waals surface area contributed by atoms with Crippen LogP contribution in [0.3, 0.4) is 0 Å². The van der Waals surface area contributed by atoms with Crippen molar-refractivity contribution in [3.05, 3.63) is 36.0 Å². The predicted octanol–water partition coefficient (Wildman–Crippen LogP) is 2.88. The number of benzene rings is 1. The number of carbonyl (C=O) groups is 3. The lowest BCUT2D eigenvalue weighted by Crippen LogP contribution is -2.55. The van der Waals surface area contributed by atoms with Gasteiger partial charge in [0.05, 0.1) is 5.38 Å². The number of likely N-dealkylation sites (tertiary alicyclic amines) is 1. The van der Waals surface area contributed by atoms with Gasteiger partial charge in [0, 0.05) is 29.2 Å². The van der Waals surface area contributed by atoms with Crippen molar-refractivity contribution in [2.45, 2.75) is 56.2 Å². The average Bonchev–Trinajstić information content (AvgIpc) is 3.49. The van der Waals surface area contributed by atoms with Crippen LogP contribution in [0, 0.1) is 11.8 Å². The van der Waals surface area contributed by atoms with E-state index in [2.05, 4.69) is 17.2 Å². The Labute approximate surface area is 191 Å². The highest BCUT2D eigenvalue weighted by Crippen LogP contribution is 2.35. The number of hydrogen-bond donors (Lipinski definition) is 2. The Bertz CT molecular complexity index is 1040. The second-order valence-corrected chi connectivity index (χ2v) is 10.0. The van der Waals surface area contributed by atoms with E-state index in [1.807, 2.05) is 24.4 Å². The molecular formula is C24H28ClN3O4. The molecule has 2 amide bonds. The monoisotopic (exact) mass is 457 g/mol. The molecule has 1 saturated carbocycles.